The van der Waals surface area contributed by atoms with Crippen molar-refractivity contribution in [1.29, 1.82) is 0 Å². The van der Waals surface area contributed by atoms with Crippen LogP contribution in [0.25, 0.3) is 10.8 Å². The summed E-state index contributed by atoms with van der Waals surface area (Å²) in [7, 11) is 0. The molecule has 0 bridgehead atoms. The first-order valence-electron chi connectivity index (χ1n) is 8.12. The summed E-state index contributed by atoms with van der Waals surface area (Å²) in [6, 6.07) is 8.82. The van der Waals surface area contributed by atoms with E-state index in [-0.39, 0.29) is 5.54 Å². The number of fused-ring (bicyclic) bond motifs is 1. The largest absolute Gasteiger partial charge is 0.312 e. The number of benzene rings is 1. The lowest BCUT2D eigenvalue weighted by Crippen LogP contribution is -2.39. The van der Waals surface area contributed by atoms with Crippen LogP contribution in [-0.4, -0.2) is 17.1 Å². The lowest BCUT2D eigenvalue weighted by molar-refractivity contribution is 0.357. The van der Waals surface area contributed by atoms with Crippen molar-refractivity contribution in [3.63, 3.8) is 0 Å². The van der Waals surface area contributed by atoms with Crippen LogP contribution in [0.4, 0.5) is 0 Å². The molecule has 2 nitrogen and oxygen atoms in total. The predicted octanol–water partition coefficient (Wildman–Crippen LogP) is 4.51. The van der Waals surface area contributed by atoms with Gasteiger partial charge in [-0.05, 0) is 69.0 Å². The molecule has 2 atom stereocenters. The molecular weight excluding hydrogens is 256 g/mol. The number of nitrogens with zero attached hydrogens (tertiary/aromatic N) is 1. The van der Waals surface area contributed by atoms with Gasteiger partial charge in [0, 0.05) is 23.3 Å². The Kier molecular flexibility index (Phi) is 3.99. The van der Waals surface area contributed by atoms with E-state index >= 15 is 0 Å². The second-order valence-corrected chi connectivity index (χ2v) is 7.37. The standard InChI is InChI=1S/C19H26N2/c1-19(2,3)21-12-15-7-5-8-16(15)17-9-4-6-14-10-11-20-13-18(14)17/h4,6,9-11,13,15-16,21H,5,7-8,12H2,1-3H3. The Morgan fingerprint density at radius 2 is 2.05 bits per heavy atom. The van der Waals surface area contributed by atoms with Crippen LogP contribution in [0.1, 0.15) is 51.5 Å². The summed E-state index contributed by atoms with van der Waals surface area (Å²) >= 11 is 0. The fraction of sp³-hybridized carbons (Fsp3) is 0.526. The first-order valence-corrected chi connectivity index (χ1v) is 8.12. The third-order valence-electron chi connectivity index (χ3n) is 4.67. The van der Waals surface area contributed by atoms with Crippen molar-refractivity contribution >= 4 is 10.8 Å². The fourth-order valence-corrected chi connectivity index (χ4v) is 3.59. The molecule has 1 N–H and O–H groups in total. The zero-order valence-corrected chi connectivity index (χ0v) is 13.4. The van der Waals surface area contributed by atoms with Gasteiger partial charge in [0.15, 0.2) is 0 Å². The Hall–Kier alpha value is -1.41. The van der Waals surface area contributed by atoms with E-state index in [2.05, 4.69) is 55.3 Å². The number of hydrogen-bond donors (Lipinski definition) is 1. The minimum absolute atomic E-state index is 0.202. The van der Waals surface area contributed by atoms with E-state index in [9.17, 15) is 0 Å². The van der Waals surface area contributed by atoms with E-state index in [4.69, 9.17) is 0 Å². The summed E-state index contributed by atoms with van der Waals surface area (Å²) in [5.74, 6) is 1.42. The van der Waals surface area contributed by atoms with Crippen molar-refractivity contribution in [3.05, 3.63) is 42.2 Å². The Balaban J connectivity index is 1.87. The summed E-state index contributed by atoms with van der Waals surface area (Å²) < 4.78 is 0. The van der Waals surface area contributed by atoms with Gasteiger partial charge < -0.3 is 5.32 Å². The van der Waals surface area contributed by atoms with Crippen LogP contribution in [0.15, 0.2) is 36.7 Å². The van der Waals surface area contributed by atoms with Gasteiger partial charge in [-0.3, -0.25) is 4.98 Å². The molecule has 0 radical (unpaired) electrons. The van der Waals surface area contributed by atoms with Crippen LogP contribution in [-0.2, 0) is 0 Å². The van der Waals surface area contributed by atoms with Crippen LogP contribution in [0.5, 0.6) is 0 Å². The molecule has 3 rings (SSSR count). The lowest BCUT2D eigenvalue weighted by atomic mass is 9.86. The normalized spacial score (nSPS) is 22.8. The molecule has 1 aromatic heterocycles. The van der Waals surface area contributed by atoms with E-state index in [1.54, 1.807) is 0 Å². The number of aromatic nitrogens is 1. The van der Waals surface area contributed by atoms with E-state index in [0.29, 0.717) is 5.92 Å². The van der Waals surface area contributed by atoms with Gasteiger partial charge in [0.1, 0.15) is 0 Å². The second kappa shape index (κ2) is 5.76. The molecule has 0 saturated heterocycles. The van der Waals surface area contributed by atoms with Gasteiger partial charge in [-0.1, -0.05) is 24.6 Å². The highest BCUT2D eigenvalue weighted by molar-refractivity contribution is 5.85. The molecule has 2 aromatic rings. The van der Waals surface area contributed by atoms with Gasteiger partial charge in [0.2, 0.25) is 0 Å². The predicted molar refractivity (Wildman–Crippen MR) is 89.6 cm³/mol. The van der Waals surface area contributed by atoms with Crippen LogP contribution in [0.3, 0.4) is 0 Å². The molecule has 1 fully saturated rings. The SMILES string of the molecule is CC(C)(C)NCC1CCCC1c1cccc2ccncc12. The van der Waals surface area contributed by atoms with E-state index in [1.165, 1.54) is 35.6 Å². The van der Waals surface area contributed by atoms with E-state index in [0.717, 1.165) is 12.5 Å². The number of pyridine rings is 1. The van der Waals surface area contributed by atoms with Crippen molar-refractivity contribution in [2.24, 2.45) is 5.92 Å². The van der Waals surface area contributed by atoms with Gasteiger partial charge in [0.05, 0.1) is 0 Å². The summed E-state index contributed by atoms with van der Waals surface area (Å²) in [5.41, 5.74) is 1.70. The van der Waals surface area contributed by atoms with Crippen molar-refractivity contribution in [2.75, 3.05) is 6.54 Å². The molecule has 1 aliphatic rings. The highest BCUT2D eigenvalue weighted by Gasteiger charge is 2.30. The molecule has 1 aliphatic carbocycles. The smallest absolute Gasteiger partial charge is 0.0349 e. The van der Waals surface area contributed by atoms with Crippen LogP contribution >= 0.6 is 0 Å². The van der Waals surface area contributed by atoms with Gasteiger partial charge >= 0.3 is 0 Å². The zero-order chi connectivity index (χ0) is 14.9. The summed E-state index contributed by atoms with van der Waals surface area (Å²) in [6.07, 6.45) is 7.92. The average Bonchev–Trinajstić information content (AvgIpc) is 2.92. The Morgan fingerprint density at radius 3 is 2.86 bits per heavy atom. The Bertz CT molecular complexity index is 607. The minimum atomic E-state index is 0.202. The third-order valence-corrected chi connectivity index (χ3v) is 4.67. The molecule has 1 heterocycles. The van der Waals surface area contributed by atoms with Crippen molar-refractivity contribution in [1.82, 2.24) is 10.3 Å². The molecule has 1 saturated carbocycles. The molecule has 0 amide bonds. The van der Waals surface area contributed by atoms with Crippen LogP contribution in [0, 0.1) is 5.92 Å². The summed E-state index contributed by atoms with van der Waals surface area (Å²) in [4.78, 5) is 4.34. The number of rotatable bonds is 3. The number of hydrogen-bond acceptors (Lipinski definition) is 2. The molecule has 0 aliphatic heterocycles. The molecule has 1 aromatic carbocycles. The van der Waals surface area contributed by atoms with E-state index < -0.39 is 0 Å². The van der Waals surface area contributed by atoms with E-state index in [1.807, 2.05) is 12.4 Å². The molecule has 21 heavy (non-hydrogen) atoms. The maximum Gasteiger partial charge on any atom is 0.0349 e. The monoisotopic (exact) mass is 282 g/mol. The highest BCUT2D eigenvalue weighted by atomic mass is 14.9. The zero-order valence-electron chi connectivity index (χ0n) is 13.4. The molecule has 2 unspecified atom stereocenters. The maximum atomic E-state index is 4.34. The first-order chi connectivity index (χ1) is 10.0. The second-order valence-electron chi connectivity index (χ2n) is 7.37. The van der Waals surface area contributed by atoms with Gasteiger partial charge in [0.25, 0.3) is 0 Å². The van der Waals surface area contributed by atoms with Gasteiger partial charge in [-0.25, -0.2) is 0 Å². The average molecular weight is 282 g/mol. The highest BCUT2D eigenvalue weighted by Crippen LogP contribution is 2.41. The third kappa shape index (κ3) is 3.26. The van der Waals surface area contributed by atoms with Crippen molar-refractivity contribution in [2.45, 2.75) is 51.5 Å². The van der Waals surface area contributed by atoms with Crippen molar-refractivity contribution in [3.8, 4) is 0 Å². The maximum absolute atomic E-state index is 4.34. The fourth-order valence-electron chi connectivity index (χ4n) is 3.59. The first kappa shape index (κ1) is 14.5. The summed E-state index contributed by atoms with van der Waals surface area (Å²) in [5, 5.41) is 6.35. The van der Waals surface area contributed by atoms with Crippen molar-refractivity contribution < 1.29 is 0 Å². The Morgan fingerprint density at radius 1 is 1.19 bits per heavy atom. The molecule has 2 heteroatoms. The number of nitrogens with one attached hydrogen (secondary N) is 1. The molecular formula is C19H26N2. The lowest BCUT2D eigenvalue weighted by Gasteiger charge is -2.27. The van der Waals surface area contributed by atoms with Gasteiger partial charge in [-0.2, -0.15) is 0 Å². The minimum Gasteiger partial charge on any atom is -0.312 e. The van der Waals surface area contributed by atoms with Crippen LogP contribution in [0.2, 0.25) is 0 Å². The summed E-state index contributed by atoms with van der Waals surface area (Å²) in [6.45, 7) is 7.86. The quantitative estimate of drug-likeness (QED) is 0.896. The Labute approximate surface area is 128 Å². The molecule has 112 valence electrons. The topological polar surface area (TPSA) is 24.9 Å². The molecule has 0 spiro atoms. The van der Waals surface area contributed by atoms with Gasteiger partial charge in [-0.15, -0.1) is 0 Å². The van der Waals surface area contributed by atoms with Crippen LogP contribution < -0.4 is 5.32 Å².